The highest BCUT2D eigenvalue weighted by Crippen LogP contribution is 2.22. The molecule has 0 aliphatic carbocycles. The summed E-state index contributed by atoms with van der Waals surface area (Å²) in [5.41, 5.74) is 0.284. The first kappa shape index (κ1) is 11.7. The van der Waals surface area contributed by atoms with Crippen LogP contribution in [0.15, 0.2) is 36.4 Å². The van der Waals surface area contributed by atoms with Gasteiger partial charge in [0.05, 0.1) is 11.4 Å². The molecular weight excluding hydrogens is 240 g/mol. The van der Waals surface area contributed by atoms with E-state index in [1.165, 1.54) is 0 Å². The molecule has 0 heterocycles. The fourth-order valence-electron chi connectivity index (χ4n) is 1.60. The van der Waals surface area contributed by atoms with Crippen LogP contribution in [0.3, 0.4) is 0 Å². The van der Waals surface area contributed by atoms with Crippen LogP contribution in [0.2, 0.25) is 0 Å². The molecule has 0 saturated heterocycles. The van der Waals surface area contributed by atoms with Crippen molar-refractivity contribution in [2.75, 3.05) is 12.5 Å². The van der Waals surface area contributed by atoms with Gasteiger partial charge in [-0.1, -0.05) is 12.1 Å². The normalized spacial score (nSPS) is 10.4. The third-order valence-electron chi connectivity index (χ3n) is 2.40. The molecule has 0 saturated carbocycles. The maximum Gasteiger partial charge on any atom is 0.335 e. The van der Waals surface area contributed by atoms with Crippen LogP contribution < -0.4 is 4.74 Å². The first-order chi connectivity index (χ1) is 8.20. The van der Waals surface area contributed by atoms with Crippen LogP contribution in [-0.4, -0.2) is 23.6 Å². The largest absolute Gasteiger partial charge is 0.492 e. The number of fused-ring (bicyclic) bond motifs is 1. The Kier molecular flexibility index (Phi) is 3.49. The van der Waals surface area contributed by atoms with Crippen LogP contribution in [0.25, 0.3) is 10.8 Å². The minimum Gasteiger partial charge on any atom is -0.492 e. The Bertz CT molecular complexity index is 551. The fraction of sp³-hybridized carbons (Fsp3) is 0.154. The molecule has 0 radical (unpaired) electrons. The smallest absolute Gasteiger partial charge is 0.335 e. The molecule has 88 valence electrons. The Labute approximate surface area is 104 Å². The van der Waals surface area contributed by atoms with E-state index < -0.39 is 5.97 Å². The van der Waals surface area contributed by atoms with Gasteiger partial charge in [0.15, 0.2) is 0 Å². The van der Waals surface area contributed by atoms with Crippen LogP contribution in [0.4, 0.5) is 0 Å². The standard InChI is InChI=1S/C13H11ClO3/c14-5-6-17-12-4-3-9-7-11(13(15)16)2-1-10(9)8-12/h1-4,7-8H,5-6H2,(H,15,16). The van der Waals surface area contributed by atoms with Crippen LogP contribution in [0.5, 0.6) is 5.75 Å². The second-order valence-corrected chi connectivity index (χ2v) is 3.94. The molecule has 4 heteroatoms. The van der Waals surface area contributed by atoms with Crippen LogP contribution in [0, 0.1) is 0 Å². The molecule has 17 heavy (non-hydrogen) atoms. The van der Waals surface area contributed by atoms with E-state index in [-0.39, 0.29) is 5.56 Å². The topological polar surface area (TPSA) is 46.5 Å². The average molecular weight is 251 g/mol. The van der Waals surface area contributed by atoms with E-state index in [0.717, 1.165) is 16.5 Å². The molecule has 1 N–H and O–H groups in total. The number of alkyl halides is 1. The number of halogens is 1. The Morgan fingerprint density at radius 1 is 1.18 bits per heavy atom. The quantitative estimate of drug-likeness (QED) is 0.848. The maximum absolute atomic E-state index is 10.8. The Morgan fingerprint density at radius 2 is 1.88 bits per heavy atom. The van der Waals surface area contributed by atoms with Crippen LogP contribution >= 0.6 is 11.6 Å². The van der Waals surface area contributed by atoms with Crippen molar-refractivity contribution in [3.63, 3.8) is 0 Å². The number of ether oxygens (including phenoxy) is 1. The minimum atomic E-state index is -0.922. The molecule has 0 unspecified atom stereocenters. The van der Waals surface area contributed by atoms with Crippen LogP contribution in [0.1, 0.15) is 10.4 Å². The van der Waals surface area contributed by atoms with Crippen molar-refractivity contribution in [3.05, 3.63) is 42.0 Å². The Hall–Kier alpha value is -1.74. The van der Waals surface area contributed by atoms with Gasteiger partial charge in [0.25, 0.3) is 0 Å². The van der Waals surface area contributed by atoms with Crippen molar-refractivity contribution in [1.29, 1.82) is 0 Å². The van der Waals surface area contributed by atoms with Gasteiger partial charge in [0, 0.05) is 0 Å². The van der Waals surface area contributed by atoms with Crippen molar-refractivity contribution in [1.82, 2.24) is 0 Å². The molecule has 0 aliphatic heterocycles. The van der Waals surface area contributed by atoms with E-state index in [2.05, 4.69) is 0 Å². The summed E-state index contributed by atoms with van der Waals surface area (Å²) in [6, 6.07) is 10.5. The van der Waals surface area contributed by atoms with E-state index in [1.54, 1.807) is 24.3 Å². The Balaban J connectivity index is 2.36. The van der Waals surface area contributed by atoms with Gasteiger partial charge in [-0.25, -0.2) is 4.79 Å². The number of benzene rings is 2. The zero-order chi connectivity index (χ0) is 12.3. The van der Waals surface area contributed by atoms with E-state index in [4.69, 9.17) is 21.4 Å². The summed E-state index contributed by atoms with van der Waals surface area (Å²) in [6.07, 6.45) is 0. The number of carboxylic acids is 1. The van der Waals surface area contributed by atoms with Gasteiger partial charge in [0.1, 0.15) is 12.4 Å². The summed E-state index contributed by atoms with van der Waals surface area (Å²) in [7, 11) is 0. The van der Waals surface area contributed by atoms with Crippen molar-refractivity contribution in [3.8, 4) is 5.75 Å². The number of aromatic carboxylic acids is 1. The number of rotatable bonds is 4. The third kappa shape index (κ3) is 2.68. The molecular formula is C13H11ClO3. The van der Waals surface area contributed by atoms with Crippen molar-refractivity contribution in [2.45, 2.75) is 0 Å². The summed E-state index contributed by atoms with van der Waals surface area (Å²) >= 11 is 5.54. The number of carboxylic acid groups (broad SMARTS) is 1. The average Bonchev–Trinajstić information content (AvgIpc) is 2.35. The number of hydrogen-bond acceptors (Lipinski definition) is 2. The molecule has 0 spiro atoms. The molecule has 2 rings (SSSR count). The zero-order valence-electron chi connectivity index (χ0n) is 9.02. The first-order valence-electron chi connectivity index (χ1n) is 5.16. The molecule has 0 aliphatic rings. The van der Waals surface area contributed by atoms with E-state index >= 15 is 0 Å². The molecule has 0 bridgehead atoms. The van der Waals surface area contributed by atoms with Gasteiger partial charge in [-0.05, 0) is 35.0 Å². The lowest BCUT2D eigenvalue weighted by molar-refractivity contribution is 0.0697. The van der Waals surface area contributed by atoms with Gasteiger partial charge in [0.2, 0.25) is 0 Å². The van der Waals surface area contributed by atoms with Crippen molar-refractivity contribution in [2.24, 2.45) is 0 Å². The van der Waals surface area contributed by atoms with Gasteiger partial charge >= 0.3 is 5.97 Å². The predicted octanol–water partition coefficient (Wildman–Crippen LogP) is 3.16. The molecule has 0 fully saturated rings. The summed E-state index contributed by atoms with van der Waals surface area (Å²) in [4.78, 5) is 10.8. The maximum atomic E-state index is 10.8. The monoisotopic (exact) mass is 250 g/mol. The second-order valence-electron chi connectivity index (χ2n) is 3.57. The highest BCUT2D eigenvalue weighted by atomic mass is 35.5. The predicted molar refractivity (Wildman–Crippen MR) is 67.1 cm³/mol. The highest BCUT2D eigenvalue weighted by Gasteiger charge is 2.04. The molecule has 3 nitrogen and oxygen atoms in total. The zero-order valence-corrected chi connectivity index (χ0v) is 9.78. The van der Waals surface area contributed by atoms with Crippen molar-refractivity contribution >= 4 is 28.3 Å². The lowest BCUT2D eigenvalue weighted by Gasteiger charge is -2.06. The van der Waals surface area contributed by atoms with Crippen molar-refractivity contribution < 1.29 is 14.6 Å². The summed E-state index contributed by atoms with van der Waals surface area (Å²) in [5, 5.41) is 10.7. The molecule has 2 aromatic rings. The minimum absolute atomic E-state index is 0.284. The summed E-state index contributed by atoms with van der Waals surface area (Å²) in [5.74, 6) is 0.256. The van der Waals surface area contributed by atoms with Gasteiger partial charge < -0.3 is 9.84 Å². The molecule has 0 atom stereocenters. The molecule has 0 amide bonds. The molecule has 0 aromatic heterocycles. The van der Waals surface area contributed by atoms with Gasteiger partial charge in [-0.2, -0.15) is 0 Å². The lowest BCUT2D eigenvalue weighted by atomic mass is 10.1. The SMILES string of the molecule is O=C(O)c1ccc2cc(OCCCl)ccc2c1. The number of hydrogen-bond donors (Lipinski definition) is 1. The van der Waals surface area contributed by atoms with Gasteiger partial charge in [-0.15, -0.1) is 11.6 Å². The first-order valence-corrected chi connectivity index (χ1v) is 5.70. The van der Waals surface area contributed by atoms with Crippen LogP contribution in [-0.2, 0) is 0 Å². The summed E-state index contributed by atoms with van der Waals surface area (Å²) in [6.45, 7) is 0.459. The summed E-state index contributed by atoms with van der Waals surface area (Å²) < 4.78 is 5.39. The fourth-order valence-corrected chi connectivity index (χ4v) is 1.68. The second kappa shape index (κ2) is 5.06. The lowest BCUT2D eigenvalue weighted by Crippen LogP contribution is -1.98. The van der Waals surface area contributed by atoms with E-state index in [0.29, 0.717) is 12.5 Å². The van der Waals surface area contributed by atoms with Gasteiger partial charge in [-0.3, -0.25) is 0 Å². The Morgan fingerprint density at radius 3 is 2.59 bits per heavy atom. The molecule has 2 aromatic carbocycles. The van der Waals surface area contributed by atoms with E-state index in [1.807, 2.05) is 12.1 Å². The number of carbonyl (C=O) groups is 1. The third-order valence-corrected chi connectivity index (χ3v) is 2.56. The highest BCUT2D eigenvalue weighted by molar-refractivity contribution is 6.18. The van der Waals surface area contributed by atoms with E-state index in [9.17, 15) is 4.79 Å².